The number of rotatable bonds is 6. The fraction of sp³-hybridized carbons (Fsp3) is 0.846. The van der Waals surface area contributed by atoms with Gasteiger partial charge in [0.25, 0.3) is 0 Å². The molecule has 0 aromatic rings. The van der Waals surface area contributed by atoms with Crippen molar-refractivity contribution in [2.24, 2.45) is 5.73 Å². The Hall–Kier alpha value is -1.14. The normalized spacial score (nSPS) is 18.9. The van der Waals surface area contributed by atoms with Gasteiger partial charge in [0.2, 0.25) is 5.91 Å². The number of carbonyl (C=O) groups excluding carboxylic acids is 1. The molecule has 6 nitrogen and oxygen atoms in total. The summed E-state index contributed by atoms with van der Waals surface area (Å²) in [6.07, 6.45) is 3.07. The van der Waals surface area contributed by atoms with Crippen LogP contribution in [0.1, 0.15) is 32.6 Å². The molecule has 0 radical (unpaired) electrons. The van der Waals surface area contributed by atoms with Crippen LogP contribution in [-0.2, 0) is 9.59 Å². The summed E-state index contributed by atoms with van der Waals surface area (Å²) in [5.74, 6) is -0.644. The predicted octanol–water partition coefficient (Wildman–Crippen LogP) is 0.123. The van der Waals surface area contributed by atoms with E-state index in [1.165, 1.54) is 0 Å². The Morgan fingerprint density at radius 2 is 2.00 bits per heavy atom. The highest BCUT2D eigenvalue weighted by Crippen LogP contribution is 2.07. The Labute approximate surface area is 114 Å². The summed E-state index contributed by atoms with van der Waals surface area (Å²) >= 11 is 0. The van der Waals surface area contributed by atoms with Crippen molar-refractivity contribution < 1.29 is 14.7 Å². The van der Waals surface area contributed by atoms with Crippen molar-refractivity contribution in [1.82, 2.24) is 9.80 Å². The third kappa shape index (κ3) is 6.54. The van der Waals surface area contributed by atoms with E-state index in [1.807, 2.05) is 16.7 Å². The van der Waals surface area contributed by atoms with Crippen LogP contribution in [0.5, 0.6) is 0 Å². The lowest BCUT2D eigenvalue weighted by atomic mass is 10.1. The molecule has 0 aromatic carbocycles. The van der Waals surface area contributed by atoms with E-state index in [4.69, 9.17) is 10.8 Å². The van der Waals surface area contributed by atoms with Crippen LogP contribution in [0.2, 0.25) is 0 Å². The summed E-state index contributed by atoms with van der Waals surface area (Å²) in [4.78, 5) is 26.4. The molecule has 3 N–H and O–H groups in total. The first kappa shape index (κ1) is 15.9. The molecule has 1 unspecified atom stereocenters. The third-order valence-electron chi connectivity index (χ3n) is 3.35. The minimum atomic E-state index is -0.809. The van der Waals surface area contributed by atoms with E-state index in [9.17, 15) is 9.59 Å². The number of nitrogens with zero attached hydrogens (tertiary/aromatic N) is 2. The Kier molecular flexibility index (Phi) is 6.80. The van der Waals surface area contributed by atoms with Crippen molar-refractivity contribution in [3.8, 4) is 0 Å². The van der Waals surface area contributed by atoms with Gasteiger partial charge in [0.15, 0.2) is 0 Å². The maximum atomic E-state index is 12.0. The lowest BCUT2D eigenvalue weighted by Gasteiger charge is -2.21. The summed E-state index contributed by atoms with van der Waals surface area (Å²) in [5, 5.41) is 8.77. The molecule has 0 saturated carbocycles. The van der Waals surface area contributed by atoms with Crippen molar-refractivity contribution in [3.63, 3.8) is 0 Å². The van der Waals surface area contributed by atoms with E-state index < -0.39 is 5.97 Å². The lowest BCUT2D eigenvalue weighted by molar-refractivity contribution is -0.138. The van der Waals surface area contributed by atoms with Gasteiger partial charge in [0.1, 0.15) is 0 Å². The summed E-state index contributed by atoms with van der Waals surface area (Å²) < 4.78 is 0. The Morgan fingerprint density at radius 3 is 2.63 bits per heavy atom. The largest absolute Gasteiger partial charge is 0.480 e. The van der Waals surface area contributed by atoms with Crippen molar-refractivity contribution in [2.45, 2.75) is 38.6 Å². The lowest BCUT2D eigenvalue weighted by Crippen LogP contribution is -2.36. The number of carboxylic acid groups (broad SMARTS) is 1. The number of hydrogen-bond donors (Lipinski definition) is 2. The summed E-state index contributed by atoms with van der Waals surface area (Å²) in [5.41, 5.74) is 5.66. The van der Waals surface area contributed by atoms with Gasteiger partial charge in [-0.05, 0) is 26.2 Å². The van der Waals surface area contributed by atoms with Crippen molar-refractivity contribution in [2.75, 3.05) is 32.7 Å². The zero-order valence-corrected chi connectivity index (χ0v) is 11.7. The molecule has 1 atom stereocenters. The van der Waals surface area contributed by atoms with Gasteiger partial charge in [-0.3, -0.25) is 14.5 Å². The van der Waals surface area contributed by atoms with E-state index in [1.54, 1.807) is 0 Å². The molecule has 1 aliphatic heterocycles. The molecule has 1 amide bonds. The number of amides is 1. The number of nitrogens with two attached hydrogens (primary N) is 1. The minimum Gasteiger partial charge on any atom is -0.480 e. The van der Waals surface area contributed by atoms with Crippen LogP contribution in [-0.4, -0.2) is 65.5 Å². The van der Waals surface area contributed by atoms with Crippen LogP contribution < -0.4 is 5.73 Å². The van der Waals surface area contributed by atoms with E-state index in [0.29, 0.717) is 19.5 Å². The molecule has 0 aromatic heterocycles. The fourth-order valence-corrected chi connectivity index (χ4v) is 2.30. The van der Waals surface area contributed by atoms with Crippen molar-refractivity contribution in [3.05, 3.63) is 0 Å². The van der Waals surface area contributed by atoms with Crippen molar-refractivity contribution >= 4 is 11.9 Å². The first-order chi connectivity index (χ1) is 8.99. The number of aliphatic carboxylic acids is 1. The summed E-state index contributed by atoms with van der Waals surface area (Å²) in [6.45, 7) is 4.76. The van der Waals surface area contributed by atoms with E-state index in [2.05, 4.69) is 0 Å². The average molecular weight is 271 g/mol. The number of carboxylic acids is 1. The van der Waals surface area contributed by atoms with Crippen LogP contribution in [0.25, 0.3) is 0 Å². The number of hydrogen-bond acceptors (Lipinski definition) is 4. The standard InChI is InChI=1S/C13H25N3O3/c1-11(14)4-2-5-12(17)16-7-3-6-15(8-9-16)10-13(18)19/h11H,2-10,14H2,1H3,(H,18,19). The predicted molar refractivity (Wildman–Crippen MR) is 72.8 cm³/mol. The highest BCUT2D eigenvalue weighted by atomic mass is 16.4. The highest BCUT2D eigenvalue weighted by molar-refractivity contribution is 5.76. The molecule has 6 heteroatoms. The monoisotopic (exact) mass is 271 g/mol. The van der Waals surface area contributed by atoms with Gasteiger partial charge in [-0.2, -0.15) is 0 Å². The van der Waals surface area contributed by atoms with Gasteiger partial charge in [0, 0.05) is 38.6 Å². The molecule has 1 saturated heterocycles. The molecule has 19 heavy (non-hydrogen) atoms. The van der Waals surface area contributed by atoms with Gasteiger partial charge in [-0.15, -0.1) is 0 Å². The Balaban J connectivity index is 2.31. The second-order valence-electron chi connectivity index (χ2n) is 5.27. The second-order valence-corrected chi connectivity index (χ2v) is 5.27. The summed E-state index contributed by atoms with van der Waals surface area (Å²) in [7, 11) is 0. The molecule has 1 rings (SSSR count). The van der Waals surface area contributed by atoms with Crippen LogP contribution in [0, 0.1) is 0 Å². The Bertz CT molecular complexity index is 308. The molecule has 1 heterocycles. The van der Waals surface area contributed by atoms with Crippen LogP contribution in [0.15, 0.2) is 0 Å². The molecule has 0 spiro atoms. The first-order valence-electron chi connectivity index (χ1n) is 6.96. The average Bonchev–Trinajstić information content (AvgIpc) is 2.53. The maximum Gasteiger partial charge on any atom is 0.317 e. The molecule has 1 fully saturated rings. The summed E-state index contributed by atoms with van der Waals surface area (Å²) in [6, 6.07) is 0.142. The molecule has 0 aliphatic carbocycles. The van der Waals surface area contributed by atoms with Gasteiger partial charge in [-0.1, -0.05) is 0 Å². The first-order valence-corrected chi connectivity index (χ1v) is 6.96. The van der Waals surface area contributed by atoms with E-state index in [-0.39, 0.29) is 18.5 Å². The molecular weight excluding hydrogens is 246 g/mol. The highest BCUT2D eigenvalue weighted by Gasteiger charge is 2.19. The molecule has 1 aliphatic rings. The van der Waals surface area contributed by atoms with Crippen LogP contribution in [0.3, 0.4) is 0 Å². The van der Waals surface area contributed by atoms with Gasteiger partial charge < -0.3 is 15.7 Å². The molecule has 110 valence electrons. The smallest absolute Gasteiger partial charge is 0.317 e. The van der Waals surface area contributed by atoms with Crippen LogP contribution in [0.4, 0.5) is 0 Å². The van der Waals surface area contributed by atoms with E-state index in [0.717, 1.165) is 32.4 Å². The van der Waals surface area contributed by atoms with Gasteiger partial charge in [0.05, 0.1) is 6.54 Å². The van der Waals surface area contributed by atoms with Crippen molar-refractivity contribution in [1.29, 1.82) is 0 Å². The minimum absolute atomic E-state index is 0.0622. The topological polar surface area (TPSA) is 86.9 Å². The zero-order valence-electron chi connectivity index (χ0n) is 11.7. The maximum absolute atomic E-state index is 12.0. The van der Waals surface area contributed by atoms with E-state index >= 15 is 0 Å². The van der Waals surface area contributed by atoms with Gasteiger partial charge >= 0.3 is 5.97 Å². The molecule has 0 bridgehead atoms. The van der Waals surface area contributed by atoms with Crippen LogP contribution >= 0.6 is 0 Å². The Morgan fingerprint density at radius 1 is 1.26 bits per heavy atom. The number of carbonyl (C=O) groups is 2. The SMILES string of the molecule is CC(N)CCCC(=O)N1CCCN(CC(=O)O)CC1. The van der Waals surface area contributed by atoms with Gasteiger partial charge in [-0.25, -0.2) is 0 Å². The molecular formula is C13H25N3O3. The second kappa shape index (κ2) is 8.12. The quantitative estimate of drug-likeness (QED) is 0.716. The fourth-order valence-electron chi connectivity index (χ4n) is 2.30. The zero-order chi connectivity index (χ0) is 14.3. The third-order valence-corrected chi connectivity index (χ3v) is 3.35.